The summed E-state index contributed by atoms with van der Waals surface area (Å²) in [5.41, 5.74) is 0.728. The molecule has 1 unspecified atom stereocenters. The molecular formula is C13H17F3O3. The number of ether oxygens (including phenoxy) is 2. The molecule has 0 radical (unpaired) electrons. The molecule has 0 aliphatic rings. The summed E-state index contributed by atoms with van der Waals surface area (Å²) < 4.78 is 45.1. The second-order valence-corrected chi connectivity index (χ2v) is 4.12. The summed E-state index contributed by atoms with van der Waals surface area (Å²) in [7, 11) is 0. The van der Waals surface area contributed by atoms with E-state index >= 15 is 0 Å². The summed E-state index contributed by atoms with van der Waals surface area (Å²) in [6, 6.07) is 6.94. The van der Waals surface area contributed by atoms with Gasteiger partial charge in [-0.05, 0) is 24.6 Å². The topological polar surface area (TPSA) is 38.7 Å². The Balaban J connectivity index is 2.21. The number of aliphatic hydroxyl groups is 1. The Bertz CT molecular complexity index is 378. The molecule has 0 amide bonds. The highest BCUT2D eigenvalue weighted by molar-refractivity contribution is 5.29. The van der Waals surface area contributed by atoms with Crippen LogP contribution in [0, 0.1) is 0 Å². The third-order valence-corrected chi connectivity index (χ3v) is 2.31. The smallest absolute Gasteiger partial charge is 0.411 e. The Morgan fingerprint density at radius 2 is 2.00 bits per heavy atom. The molecule has 0 aromatic heterocycles. The van der Waals surface area contributed by atoms with E-state index in [-0.39, 0.29) is 13.2 Å². The first-order valence-corrected chi connectivity index (χ1v) is 5.94. The molecule has 19 heavy (non-hydrogen) atoms. The van der Waals surface area contributed by atoms with Crippen LogP contribution in [0.1, 0.15) is 25.0 Å². The standard InChI is InChI=1S/C13H17F3O3/c1-10(17)11-4-2-5-12(8-11)19-7-3-6-18-9-13(14,15)16/h2,4-5,8,10,17H,3,6-7,9H2,1H3. The van der Waals surface area contributed by atoms with Crippen molar-refractivity contribution in [1.82, 2.24) is 0 Å². The average Bonchev–Trinajstić information content (AvgIpc) is 2.32. The Morgan fingerprint density at radius 1 is 1.26 bits per heavy atom. The molecule has 1 aromatic rings. The van der Waals surface area contributed by atoms with Crippen molar-refractivity contribution in [2.75, 3.05) is 19.8 Å². The lowest BCUT2D eigenvalue weighted by molar-refractivity contribution is -0.174. The Kier molecular flexibility index (Phi) is 6.11. The van der Waals surface area contributed by atoms with E-state index < -0.39 is 18.9 Å². The third-order valence-electron chi connectivity index (χ3n) is 2.31. The predicted octanol–water partition coefficient (Wildman–Crippen LogP) is 3.09. The number of hydrogen-bond donors (Lipinski definition) is 1. The second-order valence-electron chi connectivity index (χ2n) is 4.12. The van der Waals surface area contributed by atoms with E-state index in [0.29, 0.717) is 12.2 Å². The van der Waals surface area contributed by atoms with Gasteiger partial charge >= 0.3 is 6.18 Å². The highest BCUT2D eigenvalue weighted by Crippen LogP contribution is 2.19. The molecule has 0 fully saturated rings. The van der Waals surface area contributed by atoms with Gasteiger partial charge in [-0.3, -0.25) is 0 Å². The van der Waals surface area contributed by atoms with Crippen LogP contribution in [-0.4, -0.2) is 31.1 Å². The van der Waals surface area contributed by atoms with Crippen molar-refractivity contribution >= 4 is 0 Å². The molecule has 1 N–H and O–H groups in total. The minimum absolute atomic E-state index is 0.00436. The van der Waals surface area contributed by atoms with Crippen molar-refractivity contribution in [2.45, 2.75) is 25.6 Å². The van der Waals surface area contributed by atoms with Crippen LogP contribution in [0.2, 0.25) is 0 Å². The van der Waals surface area contributed by atoms with Crippen LogP contribution in [0.5, 0.6) is 5.75 Å². The lowest BCUT2D eigenvalue weighted by atomic mass is 10.1. The maximum absolute atomic E-state index is 11.8. The van der Waals surface area contributed by atoms with Crippen molar-refractivity contribution in [1.29, 1.82) is 0 Å². The summed E-state index contributed by atoms with van der Waals surface area (Å²) in [5.74, 6) is 0.578. The van der Waals surface area contributed by atoms with Gasteiger partial charge in [0.2, 0.25) is 0 Å². The van der Waals surface area contributed by atoms with Crippen LogP contribution in [-0.2, 0) is 4.74 Å². The van der Waals surface area contributed by atoms with Crippen molar-refractivity contribution in [3.63, 3.8) is 0 Å². The third kappa shape index (κ3) is 7.03. The maximum atomic E-state index is 11.8. The zero-order valence-corrected chi connectivity index (χ0v) is 10.6. The van der Waals surface area contributed by atoms with E-state index in [1.165, 1.54) is 0 Å². The number of hydrogen-bond acceptors (Lipinski definition) is 3. The molecule has 1 aromatic carbocycles. The number of aliphatic hydroxyl groups excluding tert-OH is 1. The summed E-state index contributed by atoms with van der Waals surface area (Å²) >= 11 is 0. The van der Waals surface area contributed by atoms with Crippen LogP contribution < -0.4 is 4.74 Å². The van der Waals surface area contributed by atoms with Crippen molar-refractivity contribution in [3.8, 4) is 5.75 Å². The fourth-order valence-corrected chi connectivity index (χ4v) is 1.40. The molecule has 0 saturated heterocycles. The molecule has 1 atom stereocenters. The van der Waals surface area contributed by atoms with E-state index in [9.17, 15) is 18.3 Å². The highest BCUT2D eigenvalue weighted by Gasteiger charge is 2.27. The monoisotopic (exact) mass is 278 g/mol. The first kappa shape index (κ1) is 15.8. The van der Waals surface area contributed by atoms with E-state index in [1.54, 1.807) is 31.2 Å². The summed E-state index contributed by atoms with van der Waals surface area (Å²) in [4.78, 5) is 0. The zero-order valence-electron chi connectivity index (χ0n) is 10.6. The van der Waals surface area contributed by atoms with Crippen molar-refractivity contribution in [3.05, 3.63) is 29.8 Å². The SMILES string of the molecule is CC(O)c1cccc(OCCCOCC(F)(F)F)c1. The van der Waals surface area contributed by atoms with Crippen LogP contribution in [0.4, 0.5) is 13.2 Å². The normalized spacial score (nSPS) is 13.3. The first-order chi connectivity index (χ1) is 8.88. The summed E-state index contributed by atoms with van der Waals surface area (Å²) in [5, 5.41) is 9.38. The van der Waals surface area contributed by atoms with Gasteiger partial charge in [-0.15, -0.1) is 0 Å². The van der Waals surface area contributed by atoms with E-state index in [2.05, 4.69) is 4.74 Å². The van der Waals surface area contributed by atoms with Gasteiger partial charge in [-0.2, -0.15) is 13.2 Å². The summed E-state index contributed by atoms with van der Waals surface area (Å²) in [6.45, 7) is 0.672. The van der Waals surface area contributed by atoms with Gasteiger partial charge in [0.15, 0.2) is 0 Å². The lowest BCUT2D eigenvalue weighted by Gasteiger charge is -2.10. The number of halogens is 3. The molecule has 0 aliphatic carbocycles. The molecule has 0 spiro atoms. The predicted molar refractivity (Wildman–Crippen MR) is 64.1 cm³/mol. The van der Waals surface area contributed by atoms with Gasteiger partial charge in [0.25, 0.3) is 0 Å². The van der Waals surface area contributed by atoms with E-state index in [1.807, 2.05) is 0 Å². The fraction of sp³-hybridized carbons (Fsp3) is 0.538. The Morgan fingerprint density at radius 3 is 2.63 bits per heavy atom. The maximum Gasteiger partial charge on any atom is 0.411 e. The molecule has 0 aliphatic heterocycles. The van der Waals surface area contributed by atoms with Crippen LogP contribution in [0.15, 0.2) is 24.3 Å². The quantitative estimate of drug-likeness (QED) is 0.779. The molecule has 1 rings (SSSR count). The van der Waals surface area contributed by atoms with Crippen molar-refractivity contribution < 1.29 is 27.8 Å². The lowest BCUT2D eigenvalue weighted by Crippen LogP contribution is -2.18. The minimum atomic E-state index is -4.29. The molecule has 6 heteroatoms. The zero-order chi connectivity index (χ0) is 14.3. The first-order valence-electron chi connectivity index (χ1n) is 5.94. The van der Waals surface area contributed by atoms with Gasteiger partial charge < -0.3 is 14.6 Å². The van der Waals surface area contributed by atoms with Gasteiger partial charge in [0.1, 0.15) is 12.4 Å². The molecule has 0 saturated carbocycles. The number of rotatable bonds is 7. The second kappa shape index (κ2) is 7.35. The van der Waals surface area contributed by atoms with Gasteiger partial charge in [0, 0.05) is 6.42 Å². The van der Waals surface area contributed by atoms with Gasteiger partial charge in [-0.25, -0.2) is 0 Å². The average molecular weight is 278 g/mol. The Hall–Kier alpha value is -1.27. The van der Waals surface area contributed by atoms with Crippen molar-refractivity contribution in [2.24, 2.45) is 0 Å². The van der Waals surface area contributed by atoms with Crippen LogP contribution in [0.25, 0.3) is 0 Å². The van der Waals surface area contributed by atoms with E-state index in [4.69, 9.17) is 4.74 Å². The molecule has 0 heterocycles. The van der Waals surface area contributed by atoms with E-state index in [0.717, 1.165) is 5.56 Å². The minimum Gasteiger partial charge on any atom is -0.493 e. The summed E-state index contributed by atoms with van der Waals surface area (Å²) in [6.07, 6.45) is -4.50. The molecule has 108 valence electrons. The van der Waals surface area contributed by atoms with Crippen LogP contribution in [0.3, 0.4) is 0 Å². The molecule has 0 bridgehead atoms. The molecule has 3 nitrogen and oxygen atoms in total. The Labute approximate surface area is 110 Å². The van der Waals surface area contributed by atoms with Gasteiger partial charge in [0.05, 0.1) is 19.3 Å². The number of alkyl halides is 3. The number of benzene rings is 1. The highest BCUT2D eigenvalue weighted by atomic mass is 19.4. The largest absolute Gasteiger partial charge is 0.493 e. The van der Waals surface area contributed by atoms with Crippen LogP contribution >= 0.6 is 0 Å². The fourth-order valence-electron chi connectivity index (χ4n) is 1.40. The molecular weight excluding hydrogens is 261 g/mol. The van der Waals surface area contributed by atoms with Gasteiger partial charge in [-0.1, -0.05) is 12.1 Å².